The van der Waals surface area contributed by atoms with Crippen LogP contribution < -0.4 is 15.4 Å². The molecule has 0 aliphatic carbocycles. The molecule has 0 unspecified atom stereocenters. The molecule has 0 fully saturated rings. The highest BCUT2D eigenvalue weighted by atomic mass is 19.1. The number of amides is 1. The Morgan fingerprint density at radius 1 is 1.19 bits per heavy atom. The van der Waals surface area contributed by atoms with Crippen LogP contribution in [0.25, 0.3) is 22.3 Å². The van der Waals surface area contributed by atoms with Crippen LogP contribution in [0.4, 0.5) is 15.9 Å². The van der Waals surface area contributed by atoms with E-state index < -0.39 is 0 Å². The summed E-state index contributed by atoms with van der Waals surface area (Å²) in [5.74, 6) is 0.819. The van der Waals surface area contributed by atoms with Crippen LogP contribution >= 0.6 is 0 Å². The predicted molar refractivity (Wildman–Crippen MR) is 116 cm³/mol. The van der Waals surface area contributed by atoms with E-state index >= 15 is 0 Å². The molecule has 0 spiro atoms. The number of aromatic nitrogens is 4. The van der Waals surface area contributed by atoms with E-state index in [1.807, 2.05) is 19.9 Å². The Balaban J connectivity index is 1.66. The van der Waals surface area contributed by atoms with Crippen LogP contribution in [-0.4, -0.2) is 38.7 Å². The third kappa shape index (κ3) is 4.95. The molecular formula is C22H21FN6O2. The molecule has 0 aliphatic heterocycles. The number of H-pyrrole nitrogens is 1. The van der Waals surface area contributed by atoms with Crippen molar-refractivity contribution in [2.75, 3.05) is 11.9 Å². The Kier molecular flexibility index (Phi) is 5.74. The molecule has 2 heterocycles. The van der Waals surface area contributed by atoms with Gasteiger partial charge in [0.2, 0.25) is 0 Å². The summed E-state index contributed by atoms with van der Waals surface area (Å²) in [5.41, 5.74) is 1.96. The largest absolute Gasteiger partial charge is 0.484 e. The van der Waals surface area contributed by atoms with Crippen molar-refractivity contribution >= 4 is 28.3 Å². The maximum Gasteiger partial charge on any atom is 0.258 e. The second-order valence-electron chi connectivity index (χ2n) is 7.21. The van der Waals surface area contributed by atoms with Crippen molar-refractivity contribution in [2.45, 2.75) is 19.9 Å². The fraction of sp³-hybridized carbons (Fsp3) is 0.182. The summed E-state index contributed by atoms with van der Waals surface area (Å²) in [6, 6.07) is 11.5. The van der Waals surface area contributed by atoms with Gasteiger partial charge in [-0.25, -0.2) is 14.4 Å². The Morgan fingerprint density at radius 3 is 2.84 bits per heavy atom. The minimum atomic E-state index is -0.380. The molecule has 2 aromatic heterocycles. The fourth-order valence-electron chi connectivity index (χ4n) is 3.02. The monoisotopic (exact) mass is 420 g/mol. The number of fused-ring (bicyclic) bond motifs is 1. The van der Waals surface area contributed by atoms with E-state index in [2.05, 4.69) is 30.8 Å². The summed E-state index contributed by atoms with van der Waals surface area (Å²) in [6.45, 7) is 3.68. The molecular weight excluding hydrogens is 399 g/mol. The Morgan fingerprint density at radius 2 is 2.06 bits per heavy atom. The van der Waals surface area contributed by atoms with Gasteiger partial charge in [0, 0.05) is 23.2 Å². The third-order valence-electron chi connectivity index (χ3n) is 4.33. The minimum absolute atomic E-state index is 0.0411. The first kappa shape index (κ1) is 20.3. The first-order valence-electron chi connectivity index (χ1n) is 9.73. The van der Waals surface area contributed by atoms with Gasteiger partial charge >= 0.3 is 0 Å². The van der Waals surface area contributed by atoms with Crippen molar-refractivity contribution in [2.24, 2.45) is 0 Å². The number of hydrogen-bond acceptors (Lipinski definition) is 6. The normalized spacial score (nSPS) is 11.0. The number of aromatic amines is 1. The molecule has 8 nitrogen and oxygen atoms in total. The molecule has 0 radical (unpaired) electrons. The van der Waals surface area contributed by atoms with Crippen molar-refractivity contribution in [3.05, 3.63) is 60.7 Å². The molecule has 0 aliphatic rings. The van der Waals surface area contributed by atoms with Gasteiger partial charge < -0.3 is 15.4 Å². The zero-order chi connectivity index (χ0) is 21.8. The average Bonchev–Trinajstić information content (AvgIpc) is 3.25. The number of benzene rings is 2. The third-order valence-corrected chi connectivity index (χ3v) is 4.33. The number of nitrogens with zero attached hydrogens (tertiary/aromatic N) is 3. The number of nitrogens with one attached hydrogen (secondary N) is 3. The van der Waals surface area contributed by atoms with Crippen molar-refractivity contribution in [3.63, 3.8) is 0 Å². The SMILES string of the molecule is CC(C)NC(=O)COc1cccc(-c2nc(Nc3cn[nH]c3)c3cc(F)ccc3n2)c1. The van der Waals surface area contributed by atoms with Gasteiger partial charge in [-0.3, -0.25) is 9.89 Å². The summed E-state index contributed by atoms with van der Waals surface area (Å²) >= 11 is 0. The Bertz CT molecular complexity index is 1210. The van der Waals surface area contributed by atoms with E-state index in [4.69, 9.17) is 4.74 Å². The first-order chi connectivity index (χ1) is 15.0. The first-order valence-corrected chi connectivity index (χ1v) is 9.73. The Hall–Kier alpha value is -4.01. The van der Waals surface area contributed by atoms with Gasteiger partial charge in [0.25, 0.3) is 5.91 Å². The van der Waals surface area contributed by atoms with E-state index in [1.165, 1.54) is 12.1 Å². The lowest BCUT2D eigenvalue weighted by Gasteiger charge is -2.12. The molecule has 9 heteroatoms. The molecule has 4 aromatic rings. The van der Waals surface area contributed by atoms with Gasteiger partial charge in [0.1, 0.15) is 17.4 Å². The zero-order valence-corrected chi connectivity index (χ0v) is 17.0. The van der Waals surface area contributed by atoms with Crippen LogP contribution in [0.1, 0.15) is 13.8 Å². The van der Waals surface area contributed by atoms with E-state index in [1.54, 1.807) is 36.7 Å². The molecule has 0 saturated heterocycles. The molecule has 2 aromatic carbocycles. The highest BCUT2D eigenvalue weighted by Crippen LogP contribution is 2.29. The summed E-state index contributed by atoms with van der Waals surface area (Å²) in [7, 11) is 0. The minimum Gasteiger partial charge on any atom is -0.484 e. The maximum atomic E-state index is 13.8. The second-order valence-corrected chi connectivity index (χ2v) is 7.21. The number of rotatable bonds is 7. The highest BCUT2D eigenvalue weighted by Gasteiger charge is 2.12. The average molecular weight is 420 g/mol. The number of halogens is 1. The number of carbonyl (C=O) groups excluding carboxylic acids is 1. The van der Waals surface area contributed by atoms with Crippen LogP contribution in [0.15, 0.2) is 54.9 Å². The topological polar surface area (TPSA) is 105 Å². The maximum absolute atomic E-state index is 13.8. The number of anilines is 2. The van der Waals surface area contributed by atoms with Gasteiger partial charge in [0.05, 0.1) is 17.4 Å². The molecule has 0 saturated carbocycles. The molecule has 1 amide bonds. The molecule has 31 heavy (non-hydrogen) atoms. The van der Waals surface area contributed by atoms with Crippen molar-refractivity contribution < 1.29 is 13.9 Å². The lowest BCUT2D eigenvalue weighted by Crippen LogP contribution is -2.34. The molecule has 0 atom stereocenters. The predicted octanol–water partition coefficient (Wildman–Crippen LogP) is 3.81. The summed E-state index contributed by atoms with van der Waals surface area (Å²) < 4.78 is 19.5. The van der Waals surface area contributed by atoms with Crippen LogP contribution in [0.5, 0.6) is 5.75 Å². The Labute approximate surface area is 177 Å². The standard InChI is InChI=1S/C22H21FN6O2/c1-13(2)26-20(30)12-31-17-5-3-4-14(8-17)21-28-19-7-6-15(23)9-18(19)22(29-21)27-16-10-24-25-11-16/h3-11,13H,12H2,1-2H3,(H,24,25)(H,26,30)(H,27,28,29). The molecule has 3 N–H and O–H groups in total. The van der Waals surface area contributed by atoms with Crippen LogP contribution in [0.3, 0.4) is 0 Å². The van der Waals surface area contributed by atoms with Crippen LogP contribution in [0, 0.1) is 5.82 Å². The molecule has 4 rings (SSSR count). The lowest BCUT2D eigenvalue weighted by atomic mass is 10.1. The number of ether oxygens (including phenoxy) is 1. The summed E-state index contributed by atoms with van der Waals surface area (Å²) in [6.07, 6.45) is 3.27. The van der Waals surface area contributed by atoms with Crippen LogP contribution in [-0.2, 0) is 4.79 Å². The van der Waals surface area contributed by atoms with Crippen molar-refractivity contribution in [1.82, 2.24) is 25.5 Å². The van der Waals surface area contributed by atoms with Crippen molar-refractivity contribution in [1.29, 1.82) is 0 Å². The zero-order valence-electron chi connectivity index (χ0n) is 17.0. The number of hydrogen-bond donors (Lipinski definition) is 3. The van der Waals surface area contributed by atoms with Gasteiger partial charge in [0.15, 0.2) is 12.4 Å². The lowest BCUT2D eigenvalue weighted by molar-refractivity contribution is -0.123. The summed E-state index contributed by atoms with van der Waals surface area (Å²) in [5, 5.41) is 13.1. The van der Waals surface area contributed by atoms with Crippen molar-refractivity contribution in [3.8, 4) is 17.1 Å². The van der Waals surface area contributed by atoms with Crippen LogP contribution in [0.2, 0.25) is 0 Å². The van der Waals surface area contributed by atoms with E-state index in [9.17, 15) is 9.18 Å². The smallest absolute Gasteiger partial charge is 0.258 e. The quantitative estimate of drug-likeness (QED) is 0.420. The van der Waals surface area contributed by atoms with Gasteiger partial charge in [-0.05, 0) is 44.2 Å². The fourth-order valence-corrected chi connectivity index (χ4v) is 3.02. The van der Waals surface area contributed by atoms with Gasteiger partial charge in [-0.1, -0.05) is 12.1 Å². The van der Waals surface area contributed by atoms with E-state index in [-0.39, 0.29) is 24.4 Å². The van der Waals surface area contributed by atoms with Gasteiger partial charge in [-0.2, -0.15) is 5.10 Å². The van der Waals surface area contributed by atoms with E-state index in [0.29, 0.717) is 39.5 Å². The van der Waals surface area contributed by atoms with E-state index in [0.717, 1.165) is 0 Å². The molecule has 0 bridgehead atoms. The highest BCUT2D eigenvalue weighted by molar-refractivity contribution is 5.92. The second kappa shape index (κ2) is 8.78. The summed E-state index contributed by atoms with van der Waals surface area (Å²) in [4.78, 5) is 21.0. The van der Waals surface area contributed by atoms with Gasteiger partial charge in [-0.15, -0.1) is 0 Å². The number of carbonyl (C=O) groups is 1. The molecule has 158 valence electrons.